The minimum Gasteiger partial charge on any atom is -0.476 e. The molecule has 2 aromatic rings. The molecule has 1 fully saturated rings. The first-order valence-electron chi connectivity index (χ1n) is 8.75. The van der Waals surface area contributed by atoms with Crippen LogP contribution >= 0.6 is 0 Å². The molecule has 0 amide bonds. The molecule has 9 heteroatoms. The molecule has 1 aromatic carbocycles. The van der Waals surface area contributed by atoms with Gasteiger partial charge in [-0.3, -0.25) is 0 Å². The molecule has 0 saturated heterocycles. The Labute approximate surface area is 158 Å². The largest absolute Gasteiger partial charge is 0.476 e. The SMILES string of the molecule is N#Cc1cnc(Nc2ccc(S(N)(=O)=O)cc2)nc1OCC1CCCCC1. The van der Waals surface area contributed by atoms with Crippen molar-refractivity contribution in [3.8, 4) is 11.9 Å². The lowest BCUT2D eigenvalue weighted by Crippen LogP contribution is -2.16. The van der Waals surface area contributed by atoms with Gasteiger partial charge in [-0.25, -0.2) is 18.5 Å². The Morgan fingerprint density at radius 3 is 2.56 bits per heavy atom. The average Bonchev–Trinajstić information content (AvgIpc) is 2.67. The lowest BCUT2D eigenvalue weighted by atomic mass is 9.90. The number of nitrogens with two attached hydrogens (primary N) is 1. The minimum absolute atomic E-state index is 0.0188. The van der Waals surface area contributed by atoms with Crippen LogP contribution in [-0.2, 0) is 10.0 Å². The highest BCUT2D eigenvalue weighted by Crippen LogP contribution is 2.25. The number of hydrogen-bond donors (Lipinski definition) is 2. The summed E-state index contributed by atoms with van der Waals surface area (Å²) in [6.45, 7) is 0.536. The highest BCUT2D eigenvalue weighted by molar-refractivity contribution is 7.89. The Morgan fingerprint density at radius 2 is 1.93 bits per heavy atom. The molecule has 0 atom stereocenters. The van der Waals surface area contributed by atoms with E-state index in [0.29, 0.717) is 18.2 Å². The topological polar surface area (TPSA) is 131 Å². The van der Waals surface area contributed by atoms with Gasteiger partial charge in [0.05, 0.1) is 17.7 Å². The number of nitriles is 1. The number of sulfonamides is 1. The molecule has 0 unspecified atom stereocenters. The third-order valence-corrected chi connectivity index (χ3v) is 5.42. The summed E-state index contributed by atoms with van der Waals surface area (Å²) in [4.78, 5) is 8.41. The van der Waals surface area contributed by atoms with Gasteiger partial charge in [0.2, 0.25) is 21.9 Å². The van der Waals surface area contributed by atoms with Crippen LogP contribution in [0.4, 0.5) is 11.6 Å². The fourth-order valence-electron chi connectivity index (χ4n) is 3.02. The van der Waals surface area contributed by atoms with Gasteiger partial charge in [0.25, 0.3) is 0 Å². The third kappa shape index (κ3) is 5.15. The second-order valence-corrected chi connectivity index (χ2v) is 8.10. The van der Waals surface area contributed by atoms with Gasteiger partial charge in [-0.2, -0.15) is 10.2 Å². The summed E-state index contributed by atoms with van der Waals surface area (Å²) >= 11 is 0. The molecular formula is C18H21N5O3S. The Bertz CT molecular complexity index is 932. The van der Waals surface area contributed by atoms with Crippen LogP contribution in [0.3, 0.4) is 0 Å². The highest BCUT2D eigenvalue weighted by Gasteiger charge is 2.16. The Balaban J connectivity index is 1.71. The summed E-state index contributed by atoms with van der Waals surface area (Å²) in [6, 6.07) is 7.94. The first-order valence-corrected chi connectivity index (χ1v) is 10.3. The molecule has 0 aliphatic heterocycles. The van der Waals surface area contributed by atoms with E-state index in [1.807, 2.05) is 6.07 Å². The maximum absolute atomic E-state index is 11.3. The molecule has 1 aliphatic rings. The zero-order valence-corrected chi connectivity index (χ0v) is 15.6. The fourth-order valence-corrected chi connectivity index (χ4v) is 3.54. The van der Waals surface area contributed by atoms with Crippen molar-refractivity contribution in [3.63, 3.8) is 0 Å². The third-order valence-electron chi connectivity index (χ3n) is 4.49. The number of primary sulfonamides is 1. The zero-order chi connectivity index (χ0) is 19.3. The molecule has 3 rings (SSSR count). The first-order chi connectivity index (χ1) is 13.0. The number of nitrogens with one attached hydrogen (secondary N) is 1. The number of rotatable bonds is 6. The molecule has 8 nitrogen and oxygen atoms in total. The molecule has 0 bridgehead atoms. The predicted octanol–water partition coefficient (Wildman–Crippen LogP) is 2.70. The van der Waals surface area contributed by atoms with Crippen LogP contribution in [0.5, 0.6) is 5.88 Å². The number of nitrogens with zero attached hydrogens (tertiary/aromatic N) is 3. The van der Waals surface area contributed by atoms with Gasteiger partial charge >= 0.3 is 0 Å². The summed E-state index contributed by atoms with van der Waals surface area (Å²) in [5.41, 5.74) is 0.867. The number of anilines is 2. The second-order valence-electron chi connectivity index (χ2n) is 6.53. The Hall–Kier alpha value is -2.70. The molecular weight excluding hydrogens is 366 g/mol. The summed E-state index contributed by atoms with van der Waals surface area (Å²) < 4.78 is 28.4. The molecule has 1 aromatic heterocycles. The quantitative estimate of drug-likeness (QED) is 0.779. The standard InChI is InChI=1S/C18H21N5O3S/c19-10-14-11-21-18(22-15-6-8-16(9-7-15)27(20,24)25)23-17(14)26-12-13-4-2-1-3-5-13/h6-9,11,13H,1-5,12H2,(H2,20,24,25)(H,21,22,23). The summed E-state index contributed by atoms with van der Waals surface area (Å²) in [5, 5.41) is 17.3. The predicted molar refractivity (Wildman–Crippen MR) is 99.9 cm³/mol. The molecule has 0 spiro atoms. The Kier molecular flexibility index (Phi) is 5.88. The van der Waals surface area contributed by atoms with E-state index < -0.39 is 10.0 Å². The van der Waals surface area contributed by atoms with Crippen molar-refractivity contribution in [3.05, 3.63) is 36.0 Å². The van der Waals surface area contributed by atoms with Crippen molar-refractivity contribution in [1.82, 2.24) is 9.97 Å². The lowest BCUT2D eigenvalue weighted by Gasteiger charge is -2.21. The van der Waals surface area contributed by atoms with Crippen LogP contribution in [0.1, 0.15) is 37.7 Å². The van der Waals surface area contributed by atoms with E-state index in [1.165, 1.54) is 37.6 Å². The Morgan fingerprint density at radius 1 is 1.22 bits per heavy atom. The smallest absolute Gasteiger partial charge is 0.238 e. The first kappa shape index (κ1) is 19.1. The van der Waals surface area contributed by atoms with E-state index in [4.69, 9.17) is 9.88 Å². The highest BCUT2D eigenvalue weighted by atomic mass is 32.2. The number of ether oxygens (including phenoxy) is 1. The van der Waals surface area contributed by atoms with Crippen LogP contribution in [0.15, 0.2) is 35.4 Å². The van der Waals surface area contributed by atoms with Gasteiger partial charge in [-0.1, -0.05) is 19.3 Å². The summed E-state index contributed by atoms with van der Waals surface area (Å²) in [5.74, 6) is 1.00. The number of hydrogen-bond acceptors (Lipinski definition) is 7. The molecule has 142 valence electrons. The van der Waals surface area contributed by atoms with Crippen molar-refractivity contribution in [2.75, 3.05) is 11.9 Å². The van der Waals surface area contributed by atoms with E-state index >= 15 is 0 Å². The van der Waals surface area contributed by atoms with Crippen LogP contribution in [0.25, 0.3) is 0 Å². The van der Waals surface area contributed by atoms with Gasteiger partial charge in [0.15, 0.2) is 0 Å². The average molecular weight is 387 g/mol. The lowest BCUT2D eigenvalue weighted by molar-refractivity contribution is 0.202. The van der Waals surface area contributed by atoms with Crippen molar-refractivity contribution < 1.29 is 13.2 Å². The molecule has 27 heavy (non-hydrogen) atoms. The second kappa shape index (κ2) is 8.33. The number of aromatic nitrogens is 2. The van der Waals surface area contributed by atoms with Crippen LogP contribution in [-0.4, -0.2) is 25.0 Å². The van der Waals surface area contributed by atoms with Crippen molar-refractivity contribution in [2.45, 2.75) is 37.0 Å². The van der Waals surface area contributed by atoms with Gasteiger partial charge in [0, 0.05) is 5.69 Å². The molecule has 3 N–H and O–H groups in total. The van der Waals surface area contributed by atoms with Crippen molar-refractivity contribution in [2.24, 2.45) is 11.1 Å². The van der Waals surface area contributed by atoms with Gasteiger partial charge < -0.3 is 10.1 Å². The van der Waals surface area contributed by atoms with Gasteiger partial charge in [-0.15, -0.1) is 0 Å². The van der Waals surface area contributed by atoms with Crippen molar-refractivity contribution >= 4 is 21.7 Å². The maximum atomic E-state index is 11.3. The van der Waals surface area contributed by atoms with Crippen molar-refractivity contribution in [1.29, 1.82) is 5.26 Å². The van der Waals surface area contributed by atoms with E-state index in [2.05, 4.69) is 15.3 Å². The van der Waals surface area contributed by atoms with Crippen LogP contribution in [0.2, 0.25) is 0 Å². The summed E-state index contributed by atoms with van der Waals surface area (Å²) in [7, 11) is -3.74. The van der Waals surface area contributed by atoms with Crippen LogP contribution in [0, 0.1) is 17.2 Å². The van der Waals surface area contributed by atoms with Gasteiger partial charge in [0.1, 0.15) is 11.6 Å². The van der Waals surface area contributed by atoms with E-state index in [0.717, 1.165) is 12.8 Å². The zero-order valence-electron chi connectivity index (χ0n) is 14.8. The van der Waals surface area contributed by atoms with Crippen LogP contribution < -0.4 is 15.2 Å². The molecule has 1 heterocycles. The number of benzene rings is 1. The van der Waals surface area contributed by atoms with E-state index in [1.54, 1.807) is 12.1 Å². The molecule has 0 radical (unpaired) electrons. The van der Waals surface area contributed by atoms with E-state index in [-0.39, 0.29) is 22.3 Å². The normalized spacial score (nSPS) is 15.1. The summed E-state index contributed by atoms with van der Waals surface area (Å²) in [6.07, 6.45) is 7.37. The molecule has 1 aliphatic carbocycles. The van der Waals surface area contributed by atoms with E-state index in [9.17, 15) is 13.7 Å². The molecule has 1 saturated carbocycles. The minimum atomic E-state index is -3.74. The van der Waals surface area contributed by atoms with Gasteiger partial charge in [-0.05, 0) is 43.0 Å². The maximum Gasteiger partial charge on any atom is 0.238 e. The fraction of sp³-hybridized carbons (Fsp3) is 0.389. The monoisotopic (exact) mass is 387 g/mol.